The Morgan fingerprint density at radius 3 is 2.48 bits per heavy atom. The molecule has 0 saturated carbocycles. The molecule has 0 bridgehead atoms. The average molecular weight is 286 g/mol. The van der Waals surface area contributed by atoms with Gasteiger partial charge in [0.1, 0.15) is 0 Å². The maximum Gasteiger partial charge on any atom is 0.269 e. The lowest BCUT2D eigenvalue weighted by Crippen LogP contribution is -2.24. The Labute approximate surface area is 123 Å². The van der Waals surface area contributed by atoms with Crippen LogP contribution in [0.25, 0.3) is 0 Å². The molecule has 0 aliphatic carbocycles. The number of anilines is 1. The molecule has 0 radical (unpaired) electrons. The topological polar surface area (TPSA) is 67.2 Å². The van der Waals surface area contributed by atoms with E-state index in [2.05, 4.69) is 10.4 Å². The first-order chi connectivity index (χ1) is 10.0. The Morgan fingerprint density at radius 2 is 1.95 bits per heavy atom. The lowest BCUT2D eigenvalue weighted by molar-refractivity contribution is 0.0963. The number of benzene rings is 1. The fraction of sp³-hybridized carbons (Fsp3) is 0.267. The monoisotopic (exact) mass is 286 g/mol. The molecule has 0 aliphatic heterocycles. The van der Waals surface area contributed by atoms with Crippen LogP contribution in [0, 0.1) is 0 Å². The van der Waals surface area contributed by atoms with Crippen LogP contribution in [-0.2, 0) is 6.54 Å². The lowest BCUT2D eigenvalue weighted by atomic mass is 10.1. The van der Waals surface area contributed by atoms with Gasteiger partial charge in [0.05, 0.1) is 18.4 Å². The van der Waals surface area contributed by atoms with E-state index in [0.29, 0.717) is 12.1 Å². The van der Waals surface area contributed by atoms with Gasteiger partial charge in [-0.2, -0.15) is 5.10 Å². The van der Waals surface area contributed by atoms with Crippen LogP contribution in [-0.4, -0.2) is 36.8 Å². The van der Waals surface area contributed by atoms with Gasteiger partial charge < -0.3 is 10.2 Å². The van der Waals surface area contributed by atoms with Crippen molar-refractivity contribution in [2.24, 2.45) is 0 Å². The summed E-state index contributed by atoms with van der Waals surface area (Å²) in [5.74, 6) is -0.132. The molecule has 0 unspecified atom stereocenters. The van der Waals surface area contributed by atoms with E-state index >= 15 is 0 Å². The first-order valence-electron chi connectivity index (χ1n) is 6.57. The maximum absolute atomic E-state index is 12.0. The van der Waals surface area contributed by atoms with E-state index in [-0.39, 0.29) is 11.5 Å². The molecule has 0 aliphatic rings. The van der Waals surface area contributed by atoms with Crippen LogP contribution < -0.4 is 15.8 Å². The second kappa shape index (κ2) is 6.21. The summed E-state index contributed by atoms with van der Waals surface area (Å²) in [5.41, 5.74) is 2.11. The zero-order valence-corrected chi connectivity index (χ0v) is 12.3. The van der Waals surface area contributed by atoms with Crippen molar-refractivity contribution in [3.05, 3.63) is 58.0 Å². The van der Waals surface area contributed by atoms with Gasteiger partial charge in [0.25, 0.3) is 11.5 Å². The van der Waals surface area contributed by atoms with Crippen LogP contribution in [0.5, 0.6) is 0 Å². The van der Waals surface area contributed by atoms with Crippen LogP contribution in [0.3, 0.4) is 0 Å². The van der Waals surface area contributed by atoms with Crippen LogP contribution in [0.1, 0.15) is 15.9 Å². The van der Waals surface area contributed by atoms with Crippen LogP contribution in [0.2, 0.25) is 0 Å². The lowest BCUT2D eigenvalue weighted by Gasteiger charge is -2.12. The third kappa shape index (κ3) is 3.47. The molecule has 0 saturated heterocycles. The zero-order chi connectivity index (χ0) is 15.4. The number of aromatic nitrogens is 2. The number of carbonyl (C=O) groups is 1. The zero-order valence-electron chi connectivity index (χ0n) is 12.3. The van der Waals surface area contributed by atoms with Crippen molar-refractivity contribution < 1.29 is 4.79 Å². The van der Waals surface area contributed by atoms with Gasteiger partial charge in [-0.1, -0.05) is 12.1 Å². The van der Waals surface area contributed by atoms with Gasteiger partial charge in [0.15, 0.2) is 0 Å². The highest BCUT2D eigenvalue weighted by Gasteiger charge is 2.05. The molecule has 21 heavy (non-hydrogen) atoms. The molecule has 2 rings (SSSR count). The highest BCUT2D eigenvalue weighted by molar-refractivity contribution is 5.93. The van der Waals surface area contributed by atoms with Crippen LogP contribution in [0.4, 0.5) is 5.69 Å². The molecule has 1 amide bonds. The number of rotatable bonds is 4. The Bertz CT molecular complexity index is 690. The summed E-state index contributed by atoms with van der Waals surface area (Å²) in [6.45, 7) is 0.376. The molecule has 0 spiro atoms. The third-order valence-corrected chi connectivity index (χ3v) is 3.15. The predicted molar refractivity (Wildman–Crippen MR) is 81.8 cm³/mol. The minimum Gasteiger partial charge on any atom is -0.376 e. The number of amides is 1. The first-order valence-corrected chi connectivity index (χ1v) is 6.57. The summed E-state index contributed by atoms with van der Waals surface area (Å²) >= 11 is 0. The van der Waals surface area contributed by atoms with Gasteiger partial charge in [-0.3, -0.25) is 9.59 Å². The maximum atomic E-state index is 12.0. The van der Waals surface area contributed by atoms with Gasteiger partial charge in [-0.15, -0.1) is 0 Å². The molecular formula is C15H18N4O2. The Kier molecular flexibility index (Phi) is 4.37. The molecule has 1 N–H and O–H groups in total. The summed E-state index contributed by atoms with van der Waals surface area (Å²) in [7, 11) is 5.31. The molecule has 110 valence electrons. The molecule has 0 atom stereocenters. The van der Waals surface area contributed by atoms with Gasteiger partial charge in [-0.05, 0) is 17.7 Å². The van der Waals surface area contributed by atoms with Crippen LogP contribution in [0.15, 0.2) is 41.3 Å². The second-order valence-corrected chi connectivity index (χ2v) is 4.88. The van der Waals surface area contributed by atoms with Gasteiger partial charge in [0.2, 0.25) is 0 Å². The van der Waals surface area contributed by atoms with Crippen molar-refractivity contribution in [3.8, 4) is 0 Å². The number of carbonyl (C=O) groups excluding carboxylic acids is 1. The predicted octanol–water partition coefficient (Wildman–Crippen LogP) is 0.717. The van der Waals surface area contributed by atoms with Crippen molar-refractivity contribution in [2.45, 2.75) is 6.54 Å². The standard InChI is InChI=1S/C15H18N4O2/c1-16-15(21)12-6-4-11(5-7-12)10-19-14(20)8-13(9-17-19)18(2)3/h4-9H,10H2,1-3H3,(H,16,21). The smallest absolute Gasteiger partial charge is 0.269 e. The Hall–Kier alpha value is -2.63. The Balaban J connectivity index is 2.19. The van der Waals surface area contributed by atoms with Crippen molar-refractivity contribution >= 4 is 11.6 Å². The third-order valence-electron chi connectivity index (χ3n) is 3.15. The average Bonchev–Trinajstić information content (AvgIpc) is 2.49. The summed E-state index contributed by atoms with van der Waals surface area (Å²) in [5, 5.41) is 6.72. The minimum atomic E-state index is -0.156. The van der Waals surface area contributed by atoms with Crippen molar-refractivity contribution in [3.63, 3.8) is 0 Å². The molecule has 1 aromatic heterocycles. The second-order valence-electron chi connectivity index (χ2n) is 4.88. The fourth-order valence-electron chi connectivity index (χ4n) is 1.87. The van der Waals surface area contributed by atoms with E-state index < -0.39 is 0 Å². The number of hydrogen-bond acceptors (Lipinski definition) is 4. The summed E-state index contributed by atoms with van der Waals surface area (Å²) in [6, 6.07) is 8.64. The van der Waals surface area contributed by atoms with Gasteiger partial charge in [-0.25, -0.2) is 4.68 Å². The highest BCUT2D eigenvalue weighted by Crippen LogP contribution is 2.07. The molecule has 2 aromatic rings. The Morgan fingerprint density at radius 1 is 1.29 bits per heavy atom. The van der Waals surface area contributed by atoms with E-state index in [1.807, 2.05) is 31.1 Å². The fourth-order valence-corrected chi connectivity index (χ4v) is 1.87. The molecule has 6 heteroatoms. The first kappa shape index (κ1) is 14.8. The molecule has 1 heterocycles. The summed E-state index contributed by atoms with van der Waals surface area (Å²) < 4.78 is 1.39. The van der Waals surface area contributed by atoms with E-state index in [4.69, 9.17) is 0 Å². The molecule has 6 nitrogen and oxygen atoms in total. The molecule has 1 aromatic carbocycles. The quantitative estimate of drug-likeness (QED) is 0.899. The molecule has 0 fully saturated rings. The van der Waals surface area contributed by atoms with Crippen molar-refractivity contribution in [2.75, 3.05) is 26.0 Å². The number of nitrogens with one attached hydrogen (secondary N) is 1. The SMILES string of the molecule is CNC(=O)c1ccc(Cn2ncc(N(C)C)cc2=O)cc1. The van der Waals surface area contributed by atoms with E-state index in [0.717, 1.165) is 11.3 Å². The van der Waals surface area contributed by atoms with Gasteiger partial charge >= 0.3 is 0 Å². The van der Waals surface area contributed by atoms with E-state index in [9.17, 15) is 9.59 Å². The van der Waals surface area contributed by atoms with Gasteiger partial charge in [0, 0.05) is 32.8 Å². The van der Waals surface area contributed by atoms with E-state index in [1.165, 1.54) is 4.68 Å². The summed E-state index contributed by atoms with van der Waals surface area (Å²) in [6.07, 6.45) is 1.65. The largest absolute Gasteiger partial charge is 0.376 e. The minimum absolute atomic E-state index is 0.132. The van der Waals surface area contributed by atoms with Crippen LogP contribution >= 0.6 is 0 Å². The number of hydrogen-bond donors (Lipinski definition) is 1. The van der Waals surface area contributed by atoms with Crippen molar-refractivity contribution in [1.29, 1.82) is 0 Å². The van der Waals surface area contributed by atoms with Crippen molar-refractivity contribution in [1.82, 2.24) is 15.1 Å². The molecular weight excluding hydrogens is 268 g/mol. The normalized spacial score (nSPS) is 10.2. The van der Waals surface area contributed by atoms with E-state index in [1.54, 1.807) is 31.4 Å². The number of nitrogens with zero attached hydrogens (tertiary/aromatic N) is 3. The highest BCUT2D eigenvalue weighted by atomic mass is 16.1. The summed E-state index contributed by atoms with van der Waals surface area (Å²) in [4.78, 5) is 25.3.